The van der Waals surface area contributed by atoms with Crippen LogP contribution in [0.3, 0.4) is 0 Å². The molecule has 8 nitrogen and oxygen atoms in total. The summed E-state index contributed by atoms with van der Waals surface area (Å²) in [6.07, 6.45) is 1.65. The molecule has 2 unspecified atom stereocenters. The van der Waals surface area contributed by atoms with E-state index in [0.717, 1.165) is 22.2 Å². The van der Waals surface area contributed by atoms with Crippen molar-refractivity contribution in [1.82, 2.24) is 9.88 Å². The fourth-order valence-electron chi connectivity index (χ4n) is 5.11. The molecule has 2 atom stereocenters. The highest BCUT2D eigenvalue weighted by molar-refractivity contribution is 9.10. The second-order valence-electron chi connectivity index (χ2n) is 10.1. The van der Waals surface area contributed by atoms with Crippen molar-refractivity contribution in [2.24, 2.45) is 5.92 Å². The highest BCUT2D eigenvalue weighted by atomic mass is 79.9. The quantitative estimate of drug-likeness (QED) is 0.252. The second-order valence-corrected chi connectivity index (χ2v) is 11.0. The molecule has 1 aromatic heterocycles. The predicted octanol–water partition coefficient (Wildman–Crippen LogP) is 6.12. The molecule has 0 saturated carbocycles. The monoisotopic (exact) mass is 605 g/mol. The number of nitrogens with zero attached hydrogens (tertiary/aromatic N) is 1. The zero-order chi connectivity index (χ0) is 28.4. The van der Waals surface area contributed by atoms with E-state index in [0.29, 0.717) is 33.6 Å². The number of rotatable bonds is 8. The van der Waals surface area contributed by atoms with Gasteiger partial charge in [0.15, 0.2) is 17.6 Å². The Bertz CT molecular complexity index is 1540. The number of halogens is 1. The van der Waals surface area contributed by atoms with Crippen LogP contribution in [-0.2, 0) is 16.0 Å². The number of nitrogens with one attached hydrogen (secondary N) is 2. The summed E-state index contributed by atoms with van der Waals surface area (Å²) < 4.78 is 18.2. The number of hydrogen-bond acceptors (Lipinski definition) is 5. The minimum Gasteiger partial charge on any atom is -0.497 e. The lowest BCUT2D eigenvalue weighted by molar-refractivity contribution is -0.145. The van der Waals surface area contributed by atoms with E-state index in [1.54, 1.807) is 25.2 Å². The second kappa shape index (κ2) is 11.6. The summed E-state index contributed by atoms with van der Waals surface area (Å²) in [7, 11) is 3.18. The molecular formula is C31H32BrN3O5. The number of H-pyrrole nitrogens is 1. The van der Waals surface area contributed by atoms with Crippen molar-refractivity contribution in [1.29, 1.82) is 0 Å². The Balaban J connectivity index is 1.60. The summed E-state index contributed by atoms with van der Waals surface area (Å²) in [5.74, 6) is 0.851. The van der Waals surface area contributed by atoms with Gasteiger partial charge in [0, 0.05) is 39.4 Å². The summed E-state index contributed by atoms with van der Waals surface area (Å²) >= 11 is 3.55. The van der Waals surface area contributed by atoms with Gasteiger partial charge in [-0.25, -0.2) is 0 Å². The Morgan fingerprint density at radius 2 is 1.88 bits per heavy atom. The number of fused-ring (bicyclic) bond motifs is 2. The normalized spacial score (nSPS) is 16.9. The van der Waals surface area contributed by atoms with E-state index >= 15 is 0 Å². The number of aromatic nitrogens is 1. The van der Waals surface area contributed by atoms with Crippen LogP contribution in [0.25, 0.3) is 10.9 Å². The van der Waals surface area contributed by atoms with Crippen LogP contribution in [0.1, 0.15) is 31.0 Å². The molecule has 208 valence electrons. The molecule has 2 heterocycles. The molecule has 2 N–H and O–H groups in total. The number of ether oxygens (including phenoxy) is 3. The molecule has 0 fully saturated rings. The number of anilines is 1. The molecule has 2 amide bonds. The van der Waals surface area contributed by atoms with Crippen molar-refractivity contribution in [3.8, 4) is 17.2 Å². The third-order valence-electron chi connectivity index (χ3n) is 7.14. The average molecular weight is 607 g/mol. The first-order valence-corrected chi connectivity index (χ1v) is 13.9. The zero-order valence-electron chi connectivity index (χ0n) is 22.9. The van der Waals surface area contributed by atoms with Crippen LogP contribution in [-0.4, -0.2) is 48.6 Å². The summed E-state index contributed by atoms with van der Waals surface area (Å²) in [4.78, 5) is 33.2. The van der Waals surface area contributed by atoms with Crippen molar-refractivity contribution < 1.29 is 23.8 Å². The third kappa shape index (κ3) is 5.38. The number of hydrogen-bond donors (Lipinski definition) is 2. The van der Waals surface area contributed by atoms with Crippen molar-refractivity contribution in [3.05, 3.63) is 82.5 Å². The number of benzene rings is 3. The van der Waals surface area contributed by atoms with E-state index < -0.39 is 12.1 Å². The fourth-order valence-corrected chi connectivity index (χ4v) is 5.57. The van der Waals surface area contributed by atoms with Gasteiger partial charge in [-0.05, 0) is 60.4 Å². The van der Waals surface area contributed by atoms with Crippen molar-refractivity contribution in [2.75, 3.05) is 26.1 Å². The molecule has 0 saturated heterocycles. The molecular weight excluding hydrogens is 574 g/mol. The first kappa shape index (κ1) is 27.6. The number of aromatic amines is 1. The van der Waals surface area contributed by atoms with Gasteiger partial charge in [-0.1, -0.05) is 48.0 Å². The number of carbonyl (C=O) groups is 2. The summed E-state index contributed by atoms with van der Waals surface area (Å²) in [5.41, 5.74) is 3.18. The van der Waals surface area contributed by atoms with E-state index in [1.165, 1.54) is 0 Å². The van der Waals surface area contributed by atoms with Gasteiger partial charge >= 0.3 is 0 Å². The fraction of sp³-hybridized carbons (Fsp3) is 0.290. The average Bonchev–Trinajstić information content (AvgIpc) is 3.30. The smallest absolute Gasteiger partial charge is 0.264 e. The number of para-hydroxylation sites is 1. The minimum atomic E-state index is -0.961. The van der Waals surface area contributed by atoms with Crippen LogP contribution in [0.5, 0.6) is 17.2 Å². The van der Waals surface area contributed by atoms with Gasteiger partial charge in [-0.2, -0.15) is 0 Å². The Labute approximate surface area is 241 Å². The Morgan fingerprint density at radius 3 is 2.58 bits per heavy atom. The summed E-state index contributed by atoms with van der Waals surface area (Å²) in [5, 5.41) is 4.01. The van der Waals surface area contributed by atoms with Crippen LogP contribution in [0.15, 0.2) is 71.3 Å². The van der Waals surface area contributed by atoms with Gasteiger partial charge in [0.05, 0.1) is 14.2 Å². The van der Waals surface area contributed by atoms with Gasteiger partial charge in [-0.15, -0.1) is 0 Å². The van der Waals surface area contributed by atoms with Crippen LogP contribution in [0.4, 0.5) is 5.69 Å². The SMILES string of the molecule is COc1ccc2[nH]cc(CCN3C(=O)C(C(C)C)Oc4c(OC)cc(Br)cc4C3C(=O)Nc3ccccc3)c2c1. The van der Waals surface area contributed by atoms with Crippen LogP contribution in [0.2, 0.25) is 0 Å². The zero-order valence-corrected chi connectivity index (χ0v) is 24.4. The van der Waals surface area contributed by atoms with E-state index in [-0.39, 0.29) is 24.3 Å². The molecule has 3 aromatic carbocycles. The summed E-state index contributed by atoms with van der Waals surface area (Å²) in [6.45, 7) is 4.15. The molecule has 0 bridgehead atoms. The van der Waals surface area contributed by atoms with Gasteiger partial charge in [0.1, 0.15) is 11.8 Å². The Hall–Kier alpha value is -3.98. The van der Waals surface area contributed by atoms with Gasteiger partial charge in [0.25, 0.3) is 11.8 Å². The first-order valence-electron chi connectivity index (χ1n) is 13.1. The highest BCUT2D eigenvalue weighted by Crippen LogP contribution is 2.44. The van der Waals surface area contributed by atoms with Gasteiger partial charge < -0.3 is 29.4 Å². The maximum atomic E-state index is 14.2. The number of carbonyl (C=O) groups excluding carboxylic acids is 2. The highest BCUT2D eigenvalue weighted by Gasteiger charge is 2.43. The van der Waals surface area contributed by atoms with Crippen molar-refractivity contribution in [2.45, 2.75) is 32.4 Å². The molecule has 1 aliphatic rings. The van der Waals surface area contributed by atoms with Crippen LogP contribution >= 0.6 is 15.9 Å². The number of amides is 2. The van der Waals surface area contributed by atoms with E-state index in [9.17, 15) is 9.59 Å². The third-order valence-corrected chi connectivity index (χ3v) is 7.60. The lowest BCUT2D eigenvalue weighted by Gasteiger charge is -2.31. The Kier molecular flexibility index (Phi) is 8.02. The van der Waals surface area contributed by atoms with Crippen LogP contribution in [0, 0.1) is 5.92 Å². The molecule has 0 radical (unpaired) electrons. The lowest BCUT2D eigenvalue weighted by atomic mass is 10.0. The van der Waals surface area contributed by atoms with Crippen molar-refractivity contribution >= 4 is 44.3 Å². The molecule has 9 heteroatoms. The summed E-state index contributed by atoms with van der Waals surface area (Å²) in [6, 6.07) is 17.7. The van der Waals surface area contributed by atoms with Gasteiger partial charge in [-0.3, -0.25) is 9.59 Å². The first-order chi connectivity index (χ1) is 19.3. The molecule has 5 rings (SSSR count). The number of methoxy groups -OCH3 is 2. The minimum absolute atomic E-state index is 0.149. The van der Waals surface area contributed by atoms with E-state index in [1.807, 2.05) is 74.6 Å². The lowest BCUT2D eigenvalue weighted by Crippen LogP contribution is -2.47. The molecule has 4 aromatic rings. The van der Waals surface area contributed by atoms with Crippen molar-refractivity contribution in [3.63, 3.8) is 0 Å². The maximum absolute atomic E-state index is 14.2. The van der Waals surface area contributed by atoms with E-state index in [2.05, 4.69) is 26.2 Å². The predicted molar refractivity (Wildman–Crippen MR) is 158 cm³/mol. The molecule has 1 aliphatic heterocycles. The molecule has 40 heavy (non-hydrogen) atoms. The standard InChI is InChI=1S/C31H32BrN3O5/c1-18(2)28-31(37)35(13-12-19-17-33-25-11-10-22(38-3)16-23(19)25)27(30(36)34-21-8-6-5-7-9-21)24-14-20(32)15-26(39-4)29(24)40-28/h5-11,14-18,27-28,33H,12-13H2,1-4H3,(H,34,36). The molecule has 0 aliphatic carbocycles. The maximum Gasteiger partial charge on any atom is 0.264 e. The van der Waals surface area contributed by atoms with Gasteiger partial charge in [0.2, 0.25) is 0 Å². The Morgan fingerprint density at radius 1 is 1.10 bits per heavy atom. The van der Waals surface area contributed by atoms with Crippen LogP contribution < -0.4 is 19.5 Å². The largest absolute Gasteiger partial charge is 0.497 e. The topological polar surface area (TPSA) is 92.9 Å². The molecule has 0 spiro atoms. The van der Waals surface area contributed by atoms with E-state index in [4.69, 9.17) is 14.2 Å².